The number of hydrogen-bond donors (Lipinski definition) is 5. The van der Waals surface area contributed by atoms with Crippen molar-refractivity contribution in [2.24, 2.45) is 17.6 Å². The highest BCUT2D eigenvalue weighted by Gasteiger charge is 2.64. The van der Waals surface area contributed by atoms with Gasteiger partial charge in [0.05, 0.1) is 11.6 Å². The summed E-state index contributed by atoms with van der Waals surface area (Å²) in [5.74, 6) is -8.13. The van der Waals surface area contributed by atoms with Gasteiger partial charge in [-0.2, -0.15) is 0 Å². The van der Waals surface area contributed by atoms with Gasteiger partial charge in [0.2, 0.25) is 5.78 Å². The van der Waals surface area contributed by atoms with E-state index in [9.17, 15) is 34.8 Å². The van der Waals surface area contributed by atoms with Crippen molar-refractivity contribution in [2.75, 3.05) is 21.1 Å². The lowest BCUT2D eigenvalue weighted by atomic mass is 9.57. The third-order valence-corrected chi connectivity index (χ3v) is 8.32. The number of benzene rings is 1. The van der Waals surface area contributed by atoms with E-state index >= 15 is 4.39 Å². The van der Waals surface area contributed by atoms with Crippen LogP contribution in [0.25, 0.3) is 5.76 Å². The molecule has 13 heteroatoms. The Morgan fingerprint density at radius 3 is 2.31 bits per heavy atom. The van der Waals surface area contributed by atoms with E-state index in [0.29, 0.717) is 6.04 Å². The van der Waals surface area contributed by atoms with Crippen LogP contribution >= 0.6 is 24.8 Å². The maximum atomic E-state index is 15.7. The van der Waals surface area contributed by atoms with Gasteiger partial charge in [0.15, 0.2) is 11.4 Å². The molecule has 0 saturated heterocycles. The second kappa shape index (κ2) is 10.4. The van der Waals surface area contributed by atoms with Gasteiger partial charge in [0.1, 0.15) is 28.7 Å². The van der Waals surface area contributed by atoms with Gasteiger partial charge in [-0.25, -0.2) is 4.39 Å². The fraction of sp³-hybridized carbons (Fsp3) is 0.500. The zero-order valence-electron chi connectivity index (χ0n) is 21.6. The summed E-state index contributed by atoms with van der Waals surface area (Å²) in [4.78, 5) is 42.3. The number of hydrogen-bond acceptors (Lipinski definition) is 9. The number of phenols is 1. The van der Waals surface area contributed by atoms with Crippen molar-refractivity contribution in [1.29, 1.82) is 0 Å². The van der Waals surface area contributed by atoms with Crippen LogP contribution in [0.3, 0.4) is 0 Å². The number of fused-ring (bicyclic) bond motifs is 3. The molecule has 0 aliphatic heterocycles. The molecular weight excluding hydrogens is 556 g/mol. The van der Waals surface area contributed by atoms with Crippen LogP contribution in [0.1, 0.15) is 36.0 Å². The Labute approximate surface area is 236 Å². The molecule has 4 atom stereocenters. The topological polar surface area (TPSA) is 165 Å². The minimum atomic E-state index is -2.72. The summed E-state index contributed by atoms with van der Waals surface area (Å²) in [5, 5.41) is 44.3. The Hall–Kier alpha value is -2.70. The normalized spacial score (nSPS) is 28.0. The van der Waals surface area contributed by atoms with Crippen LogP contribution in [0.2, 0.25) is 0 Å². The second-order valence-corrected chi connectivity index (χ2v) is 10.8. The van der Waals surface area contributed by atoms with Gasteiger partial charge >= 0.3 is 0 Å². The quantitative estimate of drug-likeness (QED) is 0.321. The van der Waals surface area contributed by atoms with E-state index < -0.39 is 69.6 Å². The first-order chi connectivity index (χ1) is 17.3. The number of halogens is 3. The number of rotatable bonds is 5. The van der Waals surface area contributed by atoms with E-state index in [4.69, 9.17) is 5.73 Å². The number of nitrogens with two attached hydrogens (primary N) is 1. The number of Topliss-reactive ketones (excluding diaryl/α,β-unsaturated/α-hetero) is 2. The molecule has 5 rings (SSSR count). The molecule has 39 heavy (non-hydrogen) atoms. The van der Waals surface area contributed by atoms with Crippen LogP contribution in [0.15, 0.2) is 23.0 Å². The molecule has 0 radical (unpaired) electrons. The molecule has 1 amide bonds. The fourth-order valence-corrected chi connectivity index (χ4v) is 6.38. The molecular formula is C26H32Cl2FN3O7. The summed E-state index contributed by atoms with van der Waals surface area (Å²) in [7, 11) is 4.91. The van der Waals surface area contributed by atoms with Gasteiger partial charge in [-0.3, -0.25) is 24.2 Å². The number of amides is 1. The Morgan fingerprint density at radius 2 is 1.77 bits per heavy atom. The summed E-state index contributed by atoms with van der Waals surface area (Å²) in [6.45, 7) is 0.256. The summed E-state index contributed by atoms with van der Waals surface area (Å²) < 4.78 is 15.7. The zero-order valence-corrected chi connectivity index (χ0v) is 23.2. The number of ketones is 2. The van der Waals surface area contributed by atoms with Crippen molar-refractivity contribution in [3.63, 3.8) is 0 Å². The number of carbonyl (C=O) groups is 3. The summed E-state index contributed by atoms with van der Waals surface area (Å²) >= 11 is 0. The van der Waals surface area contributed by atoms with Crippen molar-refractivity contribution in [1.82, 2.24) is 9.80 Å². The number of aliphatic hydroxyl groups is 3. The van der Waals surface area contributed by atoms with Crippen LogP contribution in [0.5, 0.6) is 5.75 Å². The Morgan fingerprint density at radius 1 is 1.15 bits per heavy atom. The highest BCUT2D eigenvalue weighted by atomic mass is 35.5. The van der Waals surface area contributed by atoms with Crippen molar-refractivity contribution < 1.29 is 39.2 Å². The molecule has 0 unspecified atom stereocenters. The highest BCUT2D eigenvalue weighted by Crippen LogP contribution is 2.53. The van der Waals surface area contributed by atoms with E-state index in [0.717, 1.165) is 12.8 Å². The predicted octanol–water partition coefficient (Wildman–Crippen LogP) is 1.54. The molecule has 0 heterocycles. The first kappa shape index (κ1) is 30.8. The molecule has 4 aliphatic rings. The van der Waals surface area contributed by atoms with E-state index in [2.05, 4.69) is 0 Å². The van der Waals surface area contributed by atoms with Crippen LogP contribution in [-0.4, -0.2) is 86.5 Å². The Kier molecular flexibility index (Phi) is 8.20. The molecule has 6 N–H and O–H groups in total. The lowest BCUT2D eigenvalue weighted by Crippen LogP contribution is -2.65. The number of aliphatic hydroxyl groups excluding tert-OH is 2. The van der Waals surface area contributed by atoms with E-state index in [-0.39, 0.29) is 66.5 Å². The monoisotopic (exact) mass is 587 g/mol. The van der Waals surface area contributed by atoms with E-state index in [1.165, 1.54) is 25.1 Å². The molecule has 1 aromatic rings. The molecule has 10 nitrogen and oxygen atoms in total. The van der Waals surface area contributed by atoms with Crippen molar-refractivity contribution in [3.8, 4) is 5.75 Å². The minimum Gasteiger partial charge on any atom is -0.508 e. The first-order valence-electron chi connectivity index (χ1n) is 12.2. The lowest BCUT2D eigenvalue weighted by Gasteiger charge is -2.50. The van der Waals surface area contributed by atoms with Gasteiger partial charge < -0.3 is 26.2 Å². The van der Waals surface area contributed by atoms with Crippen LogP contribution in [-0.2, 0) is 27.3 Å². The third-order valence-electron chi connectivity index (χ3n) is 8.32. The number of carbonyl (C=O) groups excluding carboxylic acids is 3. The average Bonchev–Trinajstić information content (AvgIpc) is 3.64. The fourth-order valence-electron chi connectivity index (χ4n) is 6.38. The Bertz CT molecular complexity index is 1330. The molecule has 2 fully saturated rings. The number of aromatic hydroxyl groups is 1. The number of primary amides is 1. The van der Waals surface area contributed by atoms with Crippen LogP contribution in [0, 0.1) is 17.7 Å². The van der Waals surface area contributed by atoms with Crippen LogP contribution < -0.4 is 5.73 Å². The smallest absolute Gasteiger partial charge is 0.255 e. The molecule has 0 bridgehead atoms. The largest absolute Gasteiger partial charge is 0.508 e. The van der Waals surface area contributed by atoms with Gasteiger partial charge in [-0.05, 0) is 58.8 Å². The van der Waals surface area contributed by atoms with Gasteiger partial charge in [-0.15, -0.1) is 24.8 Å². The van der Waals surface area contributed by atoms with Gasteiger partial charge in [0.25, 0.3) is 5.91 Å². The molecule has 0 spiro atoms. The Balaban J connectivity index is 0.00000210. The maximum absolute atomic E-state index is 15.7. The lowest BCUT2D eigenvalue weighted by molar-refractivity contribution is -0.153. The van der Waals surface area contributed by atoms with Crippen molar-refractivity contribution in [3.05, 3.63) is 45.5 Å². The standard InChI is InChI=1S/C26H30FN3O7.2ClH/c1-29(2)20-14-7-10-6-13-17(15(31)8-11(19(13)27)9-30(3)12-4-5-12)21(32)16(10)23(34)26(14,37)24(35)18(22(20)33)25(28)36;;/h8,10,12,14,20,31-32,35,37H,4-7,9H2,1-3H3,(H2,28,36);2*1H/t10-,14-,20-,26-;;/m0../s1. The second-order valence-electron chi connectivity index (χ2n) is 10.8. The predicted molar refractivity (Wildman–Crippen MR) is 143 cm³/mol. The molecule has 214 valence electrons. The van der Waals surface area contributed by atoms with Gasteiger partial charge in [-0.1, -0.05) is 0 Å². The minimum absolute atomic E-state index is 0. The maximum Gasteiger partial charge on any atom is 0.255 e. The number of nitrogens with zero attached hydrogens (tertiary/aromatic N) is 2. The zero-order chi connectivity index (χ0) is 27.1. The molecule has 0 aromatic heterocycles. The van der Waals surface area contributed by atoms with Gasteiger partial charge in [0, 0.05) is 35.2 Å². The first-order valence-corrected chi connectivity index (χ1v) is 12.2. The molecule has 4 aliphatic carbocycles. The average molecular weight is 588 g/mol. The third kappa shape index (κ3) is 4.40. The van der Waals surface area contributed by atoms with E-state index in [1.807, 2.05) is 11.9 Å². The summed E-state index contributed by atoms with van der Waals surface area (Å²) in [5.41, 5.74) is 1.47. The SMILES string of the molecule is CN(Cc1cc(O)c2c(c1F)C[C@H]1C[C@H]3[C@H](N(C)C)C(=O)C(C(N)=O)=C(O)[C@@]3(O)C(=O)C1=C2O)C1CC1.Cl.Cl. The van der Waals surface area contributed by atoms with Crippen LogP contribution in [0.4, 0.5) is 4.39 Å². The van der Waals surface area contributed by atoms with Crippen molar-refractivity contribution >= 4 is 48.0 Å². The highest BCUT2D eigenvalue weighted by molar-refractivity contribution is 6.24. The number of likely N-dealkylation sites (N-methyl/N-ethyl adjacent to an activating group) is 1. The molecule has 1 aromatic carbocycles. The van der Waals surface area contributed by atoms with Crippen molar-refractivity contribution in [2.45, 2.75) is 49.9 Å². The summed E-state index contributed by atoms with van der Waals surface area (Å²) in [6.07, 6.45) is 1.87. The number of phenolic OH excluding ortho intramolecular Hbond substituents is 1. The van der Waals surface area contributed by atoms with E-state index in [1.54, 1.807) is 0 Å². The molecule has 2 saturated carbocycles. The summed E-state index contributed by atoms with van der Waals surface area (Å²) in [6, 6.07) is 0.386.